The van der Waals surface area contributed by atoms with Crippen LogP contribution in [-0.2, 0) is 0 Å². The monoisotopic (exact) mass is 362 g/mol. The van der Waals surface area contributed by atoms with Crippen LogP contribution in [0.3, 0.4) is 0 Å². The third-order valence-electron chi connectivity index (χ3n) is 5.32. The number of hydrogen-bond donors (Lipinski definition) is 0. The van der Waals surface area contributed by atoms with E-state index in [0.29, 0.717) is 11.0 Å². The van der Waals surface area contributed by atoms with Gasteiger partial charge in [-0.05, 0) is 36.4 Å². The van der Waals surface area contributed by atoms with Gasteiger partial charge in [0.15, 0.2) is 0 Å². The zero-order valence-electron chi connectivity index (χ0n) is 14.8. The Morgan fingerprint density at radius 1 is 0.714 bits per heavy atom. The first-order valence-corrected chi connectivity index (χ1v) is 9.10. The van der Waals surface area contributed by atoms with E-state index in [1.807, 2.05) is 36.4 Å². The van der Waals surface area contributed by atoms with Crippen LogP contribution >= 0.6 is 0 Å². The summed E-state index contributed by atoms with van der Waals surface area (Å²) in [6.07, 6.45) is 3.39. The van der Waals surface area contributed by atoms with Gasteiger partial charge in [-0.3, -0.25) is 4.98 Å². The average molecular weight is 362 g/mol. The lowest BCUT2D eigenvalue weighted by Crippen LogP contribution is -2.01. The van der Waals surface area contributed by atoms with Gasteiger partial charge >= 0.3 is 5.63 Å². The van der Waals surface area contributed by atoms with Crippen molar-refractivity contribution in [3.63, 3.8) is 0 Å². The molecule has 3 heterocycles. The van der Waals surface area contributed by atoms with E-state index in [4.69, 9.17) is 4.42 Å². The molecule has 0 saturated carbocycles. The van der Waals surface area contributed by atoms with Crippen molar-refractivity contribution in [3.05, 3.63) is 95.6 Å². The van der Waals surface area contributed by atoms with E-state index in [2.05, 4.69) is 39.9 Å². The summed E-state index contributed by atoms with van der Waals surface area (Å²) < 4.78 is 7.73. The molecule has 3 aromatic carbocycles. The van der Waals surface area contributed by atoms with Gasteiger partial charge in [-0.25, -0.2) is 4.79 Å². The molecule has 4 nitrogen and oxygen atoms in total. The number of para-hydroxylation sites is 2. The highest BCUT2D eigenvalue weighted by molar-refractivity contribution is 6.17. The highest BCUT2D eigenvalue weighted by Crippen LogP contribution is 2.35. The van der Waals surface area contributed by atoms with Crippen LogP contribution < -0.4 is 5.63 Å². The number of rotatable bonds is 1. The van der Waals surface area contributed by atoms with Crippen LogP contribution in [-0.4, -0.2) is 9.55 Å². The highest BCUT2D eigenvalue weighted by atomic mass is 16.4. The highest BCUT2D eigenvalue weighted by Gasteiger charge is 2.16. The van der Waals surface area contributed by atoms with Crippen molar-refractivity contribution in [1.29, 1.82) is 0 Å². The Bertz CT molecular complexity index is 1580. The van der Waals surface area contributed by atoms with Crippen molar-refractivity contribution in [3.8, 4) is 5.69 Å². The van der Waals surface area contributed by atoms with Crippen LogP contribution in [0.5, 0.6) is 0 Å². The van der Waals surface area contributed by atoms with Gasteiger partial charge in [0.2, 0.25) is 0 Å². The topological polar surface area (TPSA) is 48.0 Å². The van der Waals surface area contributed by atoms with Crippen molar-refractivity contribution in [2.75, 3.05) is 0 Å². The smallest absolute Gasteiger partial charge is 0.344 e. The molecule has 132 valence electrons. The number of aromatic nitrogens is 2. The Balaban J connectivity index is 1.88. The number of hydrogen-bond acceptors (Lipinski definition) is 3. The predicted molar refractivity (Wildman–Crippen MR) is 112 cm³/mol. The molecule has 0 amide bonds. The Morgan fingerprint density at radius 3 is 2.43 bits per heavy atom. The molecular weight excluding hydrogens is 348 g/mol. The lowest BCUT2D eigenvalue weighted by molar-refractivity contribution is 0.569. The molecule has 0 unspecified atom stereocenters. The predicted octanol–water partition coefficient (Wildman–Crippen LogP) is 5.44. The lowest BCUT2D eigenvalue weighted by atomic mass is 10.1. The van der Waals surface area contributed by atoms with Crippen LogP contribution in [0.15, 0.2) is 94.4 Å². The first-order valence-electron chi connectivity index (χ1n) is 9.10. The summed E-state index contributed by atoms with van der Waals surface area (Å²) in [7, 11) is 0. The maximum Gasteiger partial charge on any atom is 0.344 e. The molecular formula is C24H14N2O2. The second kappa shape index (κ2) is 5.54. The number of pyridine rings is 1. The molecule has 0 atom stereocenters. The fourth-order valence-electron chi connectivity index (χ4n) is 4.09. The van der Waals surface area contributed by atoms with E-state index in [-0.39, 0.29) is 5.63 Å². The molecule has 6 rings (SSSR count). The standard InChI is InChI=1S/C24H14N2O2/c27-24-19-13-22-18(12-17(19)20-14-25-11-10-23(20)28-24)16-8-4-5-9-21(16)26(22)15-6-2-1-3-7-15/h1-14H. The van der Waals surface area contributed by atoms with Gasteiger partial charge in [-0.1, -0.05) is 36.4 Å². The van der Waals surface area contributed by atoms with E-state index < -0.39 is 0 Å². The van der Waals surface area contributed by atoms with Crippen LogP contribution in [0.2, 0.25) is 0 Å². The van der Waals surface area contributed by atoms with Crippen molar-refractivity contribution < 1.29 is 4.42 Å². The summed E-state index contributed by atoms with van der Waals surface area (Å²) in [5.74, 6) is 0. The number of benzene rings is 3. The first kappa shape index (κ1) is 15.2. The minimum absolute atomic E-state index is 0.333. The van der Waals surface area contributed by atoms with E-state index in [9.17, 15) is 4.79 Å². The molecule has 0 saturated heterocycles. The number of fused-ring (bicyclic) bond motifs is 6. The molecule has 0 spiro atoms. The van der Waals surface area contributed by atoms with Crippen molar-refractivity contribution in [1.82, 2.24) is 9.55 Å². The van der Waals surface area contributed by atoms with Crippen LogP contribution in [0.1, 0.15) is 0 Å². The quantitative estimate of drug-likeness (QED) is 0.366. The Labute approximate surface area is 159 Å². The summed E-state index contributed by atoms with van der Waals surface area (Å²) >= 11 is 0. The van der Waals surface area contributed by atoms with Crippen molar-refractivity contribution in [2.45, 2.75) is 0 Å². The Kier molecular flexibility index (Phi) is 3.00. The van der Waals surface area contributed by atoms with Gasteiger partial charge < -0.3 is 8.98 Å². The summed E-state index contributed by atoms with van der Waals surface area (Å²) in [4.78, 5) is 16.9. The average Bonchev–Trinajstić information content (AvgIpc) is 3.07. The Hall–Kier alpha value is -3.92. The normalized spacial score (nSPS) is 11.7. The van der Waals surface area contributed by atoms with Crippen molar-refractivity contribution in [2.24, 2.45) is 0 Å². The maximum atomic E-state index is 12.7. The van der Waals surface area contributed by atoms with Gasteiger partial charge in [0.25, 0.3) is 0 Å². The SMILES string of the molecule is O=c1oc2ccncc2c2cc3c4ccccc4n(-c4ccccc4)c3cc12. The van der Waals surface area contributed by atoms with Gasteiger partial charge in [0, 0.05) is 39.6 Å². The first-order chi connectivity index (χ1) is 13.8. The van der Waals surface area contributed by atoms with Gasteiger partial charge in [-0.2, -0.15) is 0 Å². The molecule has 3 aromatic heterocycles. The molecule has 0 fully saturated rings. The molecule has 4 heteroatoms. The minimum atomic E-state index is -0.333. The van der Waals surface area contributed by atoms with E-state index in [1.54, 1.807) is 18.5 Å². The maximum absolute atomic E-state index is 12.7. The third-order valence-corrected chi connectivity index (χ3v) is 5.32. The molecule has 28 heavy (non-hydrogen) atoms. The molecule has 0 N–H and O–H groups in total. The fraction of sp³-hybridized carbons (Fsp3) is 0. The lowest BCUT2D eigenvalue weighted by Gasteiger charge is -2.08. The van der Waals surface area contributed by atoms with E-state index in [0.717, 1.165) is 38.3 Å². The molecule has 0 aliphatic carbocycles. The third kappa shape index (κ3) is 2.00. The van der Waals surface area contributed by atoms with Gasteiger partial charge in [-0.15, -0.1) is 0 Å². The van der Waals surface area contributed by atoms with Crippen LogP contribution in [0.4, 0.5) is 0 Å². The van der Waals surface area contributed by atoms with Gasteiger partial charge in [0.1, 0.15) is 5.58 Å². The zero-order valence-corrected chi connectivity index (χ0v) is 14.8. The molecule has 6 aromatic rings. The largest absolute Gasteiger partial charge is 0.422 e. The molecule has 0 aliphatic rings. The number of nitrogens with zero attached hydrogens (tertiary/aromatic N) is 2. The van der Waals surface area contributed by atoms with Crippen molar-refractivity contribution >= 4 is 43.5 Å². The fourth-order valence-corrected chi connectivity index (χ4v) is 4.09. The summed E-state index contributed by atoms with van der Waals surface area (Å²) in [5, 5.41) is 4.52. The van der Waals surface area contributed by atoms with E-state index >= 15 is 0 Å². The Morgan fingerprint density at radius 2 is 1.54 bits per heavy atom. The molecule has 0 radical (unpaired) electrons. The van der Waals surface area contributed by atoms with Crippen LogP contribution in [0, 0.1) is 0 Å². The van der Waals surface area contributed by atoms with Crippen LogP contribution in [0.25, 0.3) is 49.2 Å². The summed E-state index contributed by atoms with van der Waals surface area (Å²) in [6, 6.07) is 24.2. The molecule has 0 bridgehead atoms. The summed E-state index contributed by atoms with van der Waals surface area (Å²) in [5.41, 5.74) is 3.36. The summed E-state index contributed by atoms with van der Waals surface area (Å²) in [6.45, 7) is 0. The zero-order chi connectivity index (χ0) is 18.7. The second-order valence-corrected chi connectivity index (χ2v) is 6.86. The molecule has 0 aliphatic heterocycles. The minimum Gasteiger partial charge on any atom is -0.422 e. The van der Waals surface area contributed by atoms with Gasteiger partial charge in [0.05, 0.1) is 16.4 Å². The van der Waals surface area contributed by atoms with E-state index in [1.165, 1.54) is 0 Å². The second-order valence-electron chi connectivity index (χ2n) is 6.86.